The highest BCUT2D eigenvalue weighted by Crippen LogP contribution is 2.29. The summed E-state index contributed by atoms with van der Waals surface area (Å²) < 4.78 is 23.5. The average molecular weight is 521 g/mol. The van der Waals surface area contributed by atoms with Crippen molar-refractivity contribution >= 4 is 22.6 Å². The Kier molecular flexibility index (Phi) is 7.95. The summed E-state index contributed by atoms with van der Waals surface area (Å²) in [5.74, 6) is 1.58. The van der Waals surface area contributed by atoms with Crippen LogP contribution < -0.4 is 35.5 Å². The van der Waals surface area contributed by atoms with Crippen molar-refractivity contribution in [3.63, 3.8) is 0 Å². The number of benzene rings is 2. The number of anilines is 1. The zero-order valence-corrected chi connectivity index (χ0v) is 21.5. The van der Waals surface area contributed by atoms with Crippen LogP contribution in [0.2, 0.25) is 0 Å². The first-order valence-electron chi connectivity index (χ1n) is 11.7. The summed E-state index contributed by atoms with van der Waals surface area (Å²) in [7, 11) is 6.07. The largest absolute Gasteiger partial charge is 0.497 e. The third-order valence-corrected chi connectivity index (χ3v) is 6.04. The number of rotatable bonds is 10. The lowest BCUT2D eigenvalue weighted by Gasteiger charge is -2.15. The topological polar surface area (TPSA) is 123 Å². The molecule has 0 spiro atoms. The van der Waals surface area contributed by atoms with Crippen molar-refractivity contribution in [1.82, 2.24) is 14.1 Å². The van der Waals surface area contributed by atoms with Gasteiger partial charge in [-0.15, -0.1) is 0 Å². The molecule has 2 aromatic carbocycles. The van der Waals surface area contributed by atoms with Crippen LogP contribution in [0.5, 0.6) is 23.0 Å². The fourth-order valence-corrected chi connectivity index (χ4v) is 4.11. The second kappa shape index (κ2) is 11.5. The molecule has 0 fully saturated rings. The molecule has 0 aliphatic rings. The molecule has 1 N–H and O–H groups in total. The Bertz CT molecular complexity index is 1590. The number of amides is 1. The van der Waals surface area contributed by atoms with E-state index >= 15 is 0 Å². The van der Waals surface area contributed by atoms with Gasteiger partial charge in [-0.3, -0.25) is 18.7 Å². The Morgan fingerprint density at radius 2 is 1.61 bits per heavy atom. The summed E-state index contributed by atoms with van der Waals surface area (Å²) in [6, 6.07) is 13.5. The SMILES string of the molecule is COc1ccc(OC)c(NC(=O)Cn2c(=O)n(CCc3ccc(OC)c(OC)c3)c(=O)c3ncccc32)c1. The van der Waals surface area contributed by atoms with Crippen LogP contribution in [-0.4, -0.2) is 48.5 Å². The van der Waals surface area contributed by atoms with Crippen molar-refractivity contribution in [3.05, 3.63) is 81.1 Å². The van der Waals surface area contributed by atoms with Crippen molar-refractivity contribution in [2.24, 2.45) is 0 Å². The van der Waals surface area contributed by atoms with Gasteiger partial charge in [-0.2, -0.15) is 0 Å². The van der Waals surface area contributed by atoms with Gasteiger partial charge in [-0.1, -0.05) is 6.07 Å². The molecule has 0 radical (unpaired) electrons. The Balaban J connectivity index is 1.67. The van der Waals surface area contributed by atoms with E-state index < -0.39 is 17.2 Å². The van der Waals surface area contributed by atoms with Gasteiger partial charge in [-0.05, 0) is 48.4 Å². The van der Waals surface area contributed by atoms with Crippen LogP contribution >= 0.6 is 0 Å². The Morgan fingerprint density at radius 1 is 0.868 bits per heavy atom. The molecule has 38 heavy (non-hydrogen) atoms. The number of carbonyl (C=O) groups is 1. The van der Waals surface area contributed by atoms with Gasteiger partial charge >= 0.3 is 5.69 Å². The van der Waals surface area contributed by atoms with E-state index in [9.17, 15) is 14.4 Å². The van der Waals surface area contributed by atoms with E-state index in [1.54, 1.807) is 49.6 Å². The van der Waals surface area contributed by atoms with Crippen LogP contribution in [0.1, 0.15) is 5.56 Å². The maximum Gasteiger partial charge on any atom is 0.332 e. The summed E-state index contributed by atoms with van der Waals surface area (Å²) in [6.07, 6.45) is 1.83. The first-order chi connectivity index (χ1) is 18.4. The summed E-state index contributed by atoms with van der Waals surface area (Å²) in [5.41, 5.74) is 0.420. The third kappa shape index (κ3) is 5.31. The highest BCUT2D eigenvalue weighted by molar-refractivity contribution is 5.93. The molecule has 4 aromatic rings. The highest BCUT2D eigenvalue weighted by Gasteiger charge is 2.18. The number of aromatic nitrogens is 3. The van der Waals surface area contributed by atoms with Crippen LogP contribution in [0.15, 0.2) is 64.3 Å². The second-order valence-corrected chi connectivity index (χ2v) is 8.25. The van der Waals surface area contributed by atoms with Gasteiger partial charge in [0.25, 0.3) is 5.56 Å². The number of ether oxygens (including phenoxy) is 4. The van der Waals surface area contributed by atoms with Gasteiger partial charge in [0.1, 0.15) is 18.0 Å². The van der Waals surface area contributed by atoms with E-state index in [2.05, 4.69) is 10.3 Å². The van der Waals surface area contributed by atoms with E-state index in [4.69, 9.17) is 18.9 Å². The standard InChI is InChI=1S/C27H28N4O7/c1-35-18-8-10-21(36-2)19(15-18)29-24(32)16-31-20-6-5-12-28-25(20)26(33)30(27(31)34)13-11-17-7-9-22(37-3)23(14-17)38-4/h5-10,12,14-15H,11,13,16H2,1-4H3,(H,29,32). The predicted molar refractivity (Wildman–Crippen MR) is 142 cm³/mol. The molecule has 0 unspecified atom stereocenters. The van der Waals surface area contributed by atoms with E-state index in [1.165, 1.54) is 32.1 Å². The molecular weight excluding hydrogens is 492 g/mol. The molecule has 198 valence electrons. The molecule has 1 amide bonds. The summed E-state index contributed by atoms with van der Waals surface area (Å²) in [4.78, 5) is 43.9. The van der Waals surface area contributed by atoms with Crippen molar-refractivity contribution in [1.29, 1.82) is 0 Å². The van der Waals surface area contributed by atoms with Crippen molar-refractivity contribution in [2.75, 3.05) is 33.8 Å². The van der Waals surface area contributed by atoms with E-state index in [0.29, 0.717) is 35.1 Å². The number of nitrogens with zero attached hydrogens (tertiary/aromatic N) is 3. The third-order valence-electron chi connectivity index (χ3n) is 6.04. The number of hydrogen-bond acceptors (Lipinski definition) is 8. The lowest BCUT2D eigenvalue weighted by atomic mass is 10.1. The van der Waals surface area contributed by atoms with E-state index in [0.717, 1.165) is 10.1 Å². The first kappa shape index (κ1) is 26.3. The van der Waals surface area contributed by atoms with Crippen molar-refractivity contribution in [3.8, 4) is 23.0 Å². The lowest BCUT2D eigenvalue weighted by Crippen LogP contribution is -2.42. The van der Waals surface area contributed by atoms with Gasteiger partial charge in [0.05, 0.1) is 39.6 Å². The number of nitrogens with one attached hydrogen (secondary N) is 1. The zero-order valence-electron chi connectivity index (χ0n) is 21.5. The van der Waals surface area contributed by atoms with Crippen molar-refractivity contribution in [2.45, 2.75) is 19.5 Å². The maximum atomic E-state index is 13.5. The molecule has 11 nitrogen and oxygen atoms in total. The molecule has 2 heterocycles. The summed E-state index contributed by atoms with van der Waals surface area (Å²) in [5, 5.41) is 2.75. The Hall–Kier alpha value is -4.80. The molecule has 2 aromatic heterocycles. The number of fused-ring (bicyclic) bond motifs is 1. The maximum absolute atomic E-state index is 13.5. The molecule has 11 heteroatoms. The Morgan fingerprint density at radius 3 is 2.32 bits per heavy atom. The number of pyridine rings is 1. The molecule has 0 bridgehead atoms. The van der Waals surface area contributed by atoms with Crippen molar-refractivity contribution < 1.29 is 23.7 Å². The van der Waals surface area contributed by atoms with E-state index in [-0.39, 0.29) is 24.1 Å². The number of hydrogen-bond donors (Lipinski definition) is 1. The van der Waals surface area contributed by atoms with Crippen LogP contribution in [-0.2, 0) is 24.3 Å². The van der Waals surface area contributed by atoms with Crippen LogP contribution in [0.3, 0.4) is 0 Å². The summed E-state index contributed by atoms with van der Waals surface area (Å²) >= 11 is 0. The van der Waals surface area contributed by atoms with Gasteiger partial charge in [0.15, 0.2) is 17.0 Å². The second-order valence-electron chi connectivity index (χ2n) is 8.25. The molecule has 0 atom stereocenters. The minimum atomic E-state index is -0.622. The van der Waals surface area contributed by atoms with Gasteiger partial charge < -0.3 is 24.3 Å². The molecule has 0 aliphatic carbocycles. The summed E-state index contributed by atoms with van der Waals surface area (Å²) in [6.45, 7) is -0.275. The molecule has 0 saturated heterocycles. The number of aryl methyl sites for hydroxylation is 1. The number of carbonyl (C=O) groups excluding carboxylic acids is 1. The average Bonchev–Trinajstić information content (AvgIpc) is 2.94. The quantitative estimate of drug-likeness (QED) is 0.338. The zero-order chi connectivity index (χ0) is 27.2. The van der Waals surface area contributed by atoms with Crippen LogP contribution in [0.4, 0.5) is 5.69 Å². The fourth-order valence-electron chi connectivity index (χ4n) is 4.11. The number of methoxy groups -OCH3 is 4. The van der Waals surface area contributed by atoms with Gasteiger partial charge in [0, 0.05) is 18.8 Å². The molecule has 0 aliphatic heterocycles. The van der Waals surface area contributed by atoms with Crippen LogP contribution in [0.25, 0.3) is 11.0 Å². The first-order valence-corrected chi connectivity index (χ1v) is 11.7. The Labute approximate surface area is 218 Å². The van der Waals surface area contributed by atoms with Gasteiger partial charge in [-0.25, -0.2) is 9.78 Å². The minimum Gasteiger partial charge on any atom is -0.497 e. The van der Waals surface area contributed by atoms with E-state index in [1.807, 2.05) is 6.07 Å². The normalized spacial score (nSPS) is 10.7. The van der Waals surface area contributed by atoms with Gasteiger partial charge in [0.2, 0.25) is 5.91 Å². The highest BCUT2D eigenvalue weighted by atomic mass is 16.5. The fraction of sp³-hybridized carbons (Fsp3) is 0.259. The molecule has 4 rings (SSSR count). The predicted octanol–water partition coefficient (Wildman–Crippen LogP) is 2.47. The molecule has 0 saturated carbocycles. The lowest BCUT2D eigenvalue weighted by molar-refractivity contribution is -0.116. The smallest absolute Gasteiger partial charge is 0.332 e. The van der Waals surface area contributed by atoms with Crippen LogP contribution in [0, 0.1) is 0 Å². The monoisotopic (exact) mass is 520 g/mol. The molecular formula is C27H28N4O7. The minimum absolute atomic E-state index is 0.0744.